The van der Waals surface area contributed by atoms with Crippen molar-refractivity contribution in [2.24, 2.45) is 0 Å². The molecular weight excluding hydrogens is 346 g/mol. The Morgan fingerprint density at radius 3 is 2.20 bits per heavy atom. The number of benzene rings is 2. The molecule has 0 unspecified atom stereocenters. The highest BCUT2D eigenvalue weighted by Gasteiger charge is 2.13. The molecule has 2 rings (SSSR count). The highest BCUT2D eigenvalue weighted by Crippen LogP contribution is 2.12. The van der Waals surface area contributed by atoms with E-state index in [4.69, 9.17) is 0 Å². The van der Waals surface area contributed by atoms with Crippen LogP contribution in [0.15, 0.2) is 53.4 Å². The third-order valence-electron chi connectivity index (χ3n) is 3.37. The standard InChI is InChI=1S/C16H17N3O5S/c1-12-2-8-15(9-3-12)25(23,24)18-11-10-17-16(20)13-4-6-14(7-5-13)19(21)22/h2-9,18H,10-11H2,1H3,(H,17,20). The van der Waals surface area contributed by atoms with Crippen molar-refractivity contribution >= 4 is 21.6 Å². The molecular formula is C16H17N3O5S. The first-order valence-electron chi connectivity index (χ1n) is 7.38. The van der Waals surface area contributed by atoms with Gasteiger partial charge in [0.2, 0.25) is 10.0 Å². The van der Waals surface area contributed by atoms with Gasteiger partial charge in [-0.2, -0.15) is 0 Å². The lowest BCUT2D eigenvalue weighted by Gasteiger charge is -2.08. The number of carbonyl (C=O) groups excluding carboxylic acids is 1. The zero-order chi connectivity index (χ0) is 18.4. The van der Waals surface area contributed by atoms with Gasteiger partial charge in [-0.3, -0.25) is 14.9 Å². The van der Waals surface area contributed by atoms with Crippen molar-refractivity contribution < 1.29 is 18.1 Å². The van der Waals surface area contributed by atoms with Crippen LogP contribution in [0.4, 0.5) is 5.69 Å². The van der Waals surface area contributed by atoms with Crippen LogP contribution >= 0.6 is 0 Å². The second-order valence-electron chi connectivity index (χ2n) is 5.27. The zero-order valence-corrected chi connectivity index (χ0v) is 14.2. The van der Waals surface area contributed by atoms with Gasteiger partial charge in [0.1, 0.15) is 0 Å². The number of nitro groups is 1. The smallest absolute Gasteiger partial charge is 0.269 e. The molecule has 0 aromatic heterocycles. The van der Waals surface area contributed by atoms with E-state index >= 15 is 0 Å². The number of amides is 1. The first-order valence-corrected chi connectivity index (χ1v) is 8.87. The number of nitrogens with zero attached hydrogens (tertiary/aromatic N) is 1. The molecule has 9 heteroatoms. The Labute approximate surface area is 145 Å². The van der Waals surface area contributed by atoms with E-state index in [0.717, 1.165) is 5.56 Å². The van der Waals surface area contributed by atoms with Crippen molar-refractivity contribution in [1.29, 1.82) is 0 Å². The van der Waals surface area contributed by atoms with Gasteiger partial charge >= 0.3 is 0 Å². The molecule has 0 saturated heterocycles. The fraction of sp³-hybridized carbons (Fsp3) is 0.188. The SMILES string of the molecule is Cc1ccc(S(=O)(=O)NCCNC(=O)c2ccc([N+](=O)[O-])cc2)cc1. The van der Waals surface area contributed by atoms with Gasteiger partial charge in [0.05, 0.1) is 9.82 Å². The summed E-state index contributed by atoms with van der Waals surface area (Å²) in [5.41, 5.74) is 1.10. The molecule has 0 spiro atoms. The van der Waals surface area contributed by atoms with Gasteiger partial charge in [-0.05, 0) is 31.2 Å². The van der Waals surface area contributed by atoms with Gasteiger partial charge in [-0.1, -0.05) is 17.7 Å². The van der Waals surface area contributed by atoms with E-state index < -0.39 is 20.9 Å². The summed E-state index contributed by atoms with van der Waals surface area (Å²) in [4.78, 5) is 22.1. The summed E-state index contributed by atoms with van der Waals surface area (Å²) < 4.78 is 26.5. The molecule has 0 aliphatic carbocycles. The summed E-state index contributed by atoms with van der Waals surface area (Å²) in [6.07, 6.45) is 0. The lowest BCUT2D eigenvalue weighted by atomic mass is 10.2. The molecule has 0 radical (unpaired) electrons. The van der Waals surface area contributed by atoms with E-state index in [0.29, 0.717) is 0 Å². The molecule has 25 heavy (non-hydrogen) atoms. The number of hydrogen-bond acceptors (Lipinski definition) is 5. The largest absolute Gasteiger partial charge is 0.351 e. The van der Waals surface area contributed by atoms with Crippen molar-refractivity contribution in [3.8, 4) is 0 Å². The van der Waals surface area contributed by atoms with Crippen LogP contribution in [0, 0.1) is 17.0 Å². The molecule has 0 atom stereocenters. The van der Waals surface area contributed by atoms with E-state index in [2.05, 4.69) is 10.0 Å². The molecule has 0 heterocycles. The summed E-state index contributed by atoms with van der Waals surface area (Å²) in [5.74, 6) is -0.440. The summed E-state index contributed by atoms with van der Waals surface area (Å²) in [6.45, 7) is 1.97. The molecule has 2 aromatic rings. The van der Waals surface area contributed by atoms with Crippen molar-refractivity contribution in [2.75, 3.05) is 13.1 Å². The maximum Gasteiger partial charge on any atom is 0.269 e. The Morgan fingerprint density at radius 1 is 1.04 bits per heavy atom. The molecule has 2 aromatic carbocycles. The predicted molar refractivity (Wildman–Crippen MR) is 91.8 cm³/mol. The fourth-order valence-electron chi connectivity index (χ4n) is 2.00. The van der Waals surface area contributed by atoms with Crippen molar-refractivity contribution in [1.82, 2.24) is 10.0 Å². The zero-order valence-electron chi connectivity index (χ0n) is 13.4. The minimum absolute atomic E-state index is 0.0227. The lowest BCUT2D eigenvalue weighted by molar-refractivity contribution is -0.384. The Morgan fingerprint density at radius 2 is 1.64 bits per heavy atom. The number of nitro benzene ring substituents is 1. The van der Waals surface area contributed by atoms with Gasteiger partial charge in [0.15, 0.2) is 0 Å². The van der Waals surface area contributed by atoms with Crippen LogP contribution in [0.1, 0.15) is 15.9 Å². The molecule has 0 aliphatic rings. The number of carbonyl (C=O) groups is 1. The van der Waals surface area contributed by atoms with Crippen LogP contribution in [0.2, 0.25) is 0 Å². The van der Waals surface area contributed by atoms with E-state index in [1.54, 1.807) is 12.1 Å². The fourth-order valence-corrected chi connectivity index (χ4v) is 3.03. The van der Waals surface area contributed by atoms with Crippen LogP contribution in [-0.4, -0.2) is 32.3 Å². The third kappa shape index (κ3) is 5.10. The minimum atomic E-state index is -3.63. The van der Waals surface area contributed by atoms with Crippen LogP contribution < -0.4 is 10.0 Å². The molecule has 0 fully saturated rings. The summed E-state index contributed by atoms with van der Waals surface area (Å²) in [5, 5.41) is 13.1. The Balaban J connectivity index is 1.84. The quantitative estimate of drug-likeness (QED) is 0.440. The first-order chi connectivity index (χ1) is 11.8. The van der Waals surface area contributed by atoms with Gasteiger partial charge < -0.3 is 5.32 Å². The number of aryl methyl sites for hydroxylation is 1. The summed E-state index contributed by atoms with van der Waals surface area (Å²) in [6, 6.07) is 11.5. The number of sulfonamides is 1. The number of rotatable bonds is 7. The van der Waals surface area contributed by atoms with Crippen LogP contribution in [0.3, 0.4) is 0 Å². The Hall–Kier alpha value is -2.78. The van der Waals surface area contributed by atoms with Crippen LogP contribution in [0.5, 0.6) is 0 Å². The molecule has 2 N–H and O–H groups in total. The number of hydrogen-bond donors (Lipinski definition) is 2. The topological polar surface area (TPSA) is 118 Å². The van der Waals surface area contributed by atoms with Gasteiger partial charge in [-0.25, -0.2) is 13.1 Å². The van der Waals surface area contributed by atoms with E-state index in [1.807, 2.05) is 6.92 Å². The molecule has 132 valence electrons. The van der Waals surface area contributed by atoms with Crippen molar-refractivity contribution in [3.63, 3.8) is 0 Å². The van der Waals surface area contributed by atoms with Crippen LogP contribution in [0.25, 0.3) is 0 Å². The molecule has 8 nitrogen and oxygen atoms in total. The lowest BCUT2D eigenvalue weighted by Crippen LogP contribution is -2.34. The molecule has 1 amide bonds. The maximum absolute atomic E-state index is 12.1. The summed E-state index contributed by atoms with van der Waals surface area (Å²) >= 11 is 0. The van der Waals surface area contributed by atoms with Crippen molar-refractivity contribution in [3.05, 3.63) is 69.8 Å². The van der Waals surface area contributed by atoms with E-state index in [-0.39, 0.29) is 29.2 Å². The highest BCUT2D eigenvalue weighted by atomic mass is 32.2. The second kappa shape index (κ2) is 7.86. The minimum Gasteiger partial charge on any atom is -0.351 e. The Kier molecular flexibility index (Phi) is 5.84. The highest BCUT2D eigenvalue weighted by molar-refractivity contribution is 7.89. The average Bonchev–Trinajstić information content (AvgIpc) is 2.59. The monoisotopic (exact) mass is 363 g/mol. The van der Waals surface area contributed by atoms with E-state index in [1.165, 1.54) is 36.4 Å². The van der Waals surface area contributed by atoms with Crippen LogP contribution in [-0.2, 0) is 10.0 Å². The third-order valence-corrected chi connectivity index (χ3v) is 4.85. The normalized spacial score (nSPS) is 11.1. The number of nitrogens with one attached hydrogen (secondary N) is 2. The molecule has 0 bridgehead atoms. The van der Waals surface area contributed by atoms with Crippen molar-refractivity contribution in [2.45, 2.75) is 11.8 Å². The van der Waals surface area contributed by atoms with Gasteiger partial charge in [-0.15, -0.1) is 0 Å². The predicted octanol–water partition coefficient (Wildman–Crippen LogP) is 1.61. The van der Waals surface area contributed by atoms with Gasteiger partial charge in [0.25, 0.3) is 11.6 Å². The first kappa shape index (κ1) is 18.6. The van der Waals surface area contributed by atoms with Gasteiger partial charge in [0, 0.05) is 30.8 Å². The summed E-state index contributed by atoms with van der Waals surface area (Å²) in [7, 11) is -3.63. The Bertz CT molecular complexity index is 862. The second-order valence-corrected chi connectivity index (χ2v) is 7.04. The molecule has 0 saturated carbocycles. The maximum atomic E-state index is 12.1. The van der Waals surface area contributed by atoms with E-state index in [9.17, 15) is 23.3 Å². The average molecular weight is 363 g/mol. The molecule has 0 aliphatic heterocycles. The number of non-ortho nitro benzene ring substituents is 1.